The second-order valence-corrected chi connectivity index (χ2v) is 5.20. The van der Waals surface area contributed by atoms with Crippen LogP contribution in [0, 0.1) is 0 Å². The molecule has 0 unspecified atom stereocenters. The molecule has 3 rings (SSSR count). The molecule has 0 fully saturated rings. The number of rotatable bonds is 5. The molecule has 0 saturated heterocycles. The molecular formula is C19H17NO5. The van der Waals surface area contributed by atoms with Crippen molar-refractivity contribution < 1.29 is 23.8 Å². The highest BCUT2D eigenvalue weighted by Gasteiger charge is 2.14. The van der Waals surface area contributed by atoms with Crippen molar-refractivity contribution in [1.29, 1.82) is 0 Å². The maximum absolute atomic E-state index is 12.1. The second-order valence-electron chi connectivity index (χ2n) is 5.20. The Morgan fingerprint density at radius 2 is 1.96 bits per heavy atom. The highest BCUT2D eigenvalue weighted by molar-refractivity contribution is 6.06. The van der Waals surface area contributed by atoms with Crippen LogP contribution in [0.5, 0.6) is 11.5 Å². The molecule has 0 atom stereocenters. The number of benzene rings is 2. The van der Waals surface area contributed by atoms with Gasteiger partial charge < -0.3 is 19.5 Å². The first-order valence-corrected chi connectivity index (χ1v) is 7.82. The first kappa shape index (κ1) is 16.6. The van der Waals surface area contributed by atoms with Gasteiger partial charge in [-0.3, -0.25) is 4.79 Å². The molecule has 0 aromatic heterocycles. The van der Waals surface area contributed by atoms with Crippen LogP contribution in [0.25, 0.3) is 6.08 Å². The van der Waals surface area contributed by atoms with Gasteiger partial charge in [0.05, 0.1) is 17.9 Å². The number of hydrogen-bond acceptors (Lipinski definition) is 5. The summed E-state index contributed by atoms with van der Waals surface area (Å²) in [6, 6.07) is 12.1. The number of amides is 1. The summed E-state index contributed by atoms with van der Waals surface area (Å²) in [5.74, 6) is 0.507. The number of hydrogen-bond donors (Lipinski definition) is 1. The van der Waals surface area contributed by atoms with Crippen molar-refractivity contribution in [2.24, 2.45) is 0 Å². The van der Waals surface area contributed by atoms with E-state index in [1.165, 1.54) is 6.08 Å². The Morgan fingerprint density at radius 3 is 2.80 bits per heavy atom. The van der Waals surface area contributed by atoms with E-state index in [1.54, 1.807) is 49.4 Å². The van der Waals surface area contributed by atoms with Crippen LogP contribution < -0.4 is 14.8 Å². The number of carbonyl (C=O) groups is 2. The predicted octanol–water partition coefficient (Wildman–Crippen LogP) is 3.24. The normalized spacial score (nSPS) is 12.2. The molecule has 1 aliphatic heterocycles. The molecule has 1 aliphatic rings. The Morgan fingerprint density at radius 1 is 1.16 bits per heavy atom. The van der Waals surface area contributed by atoms with Crippen LogP contribution in [0.1, 0.15) is 22.8 Å². The number of fused-ring (bicyclic) bond motifs is 1. The van der Waals surface area contributed by atoms with Crippen LogP contribution in [-0.2, 0) is 9.53 Å². The third-order valence-corrected chi connectivity index (χ3v) is 3.50. The molecule has 0 radical (unpaired) electrons. The van der Waals surface area contributed by atoms with Crippen molar-refractivity contribution in [3.8, 4) is 11.5 Å². The molecule has 1 amide bonds. The molecule has 2 aromatic rings. The van der Waals surface area contributed by atoms with E-state index in [2.05, 4.69) is 5.32 Å². The fraction of sp³-hybridized carbons (Fsp3) is 0.158. The van der Waals surface area contributed by atoms with E-state index in [4.69, 9.17) is 14.2 Å². The van der Waals surface area contributed by atoms with Crippen molar-refractivity contribution in [2.75, 3.05) is 18.7 Å². The number of anilines is 1. The highest BCUT2D eigenvalue weighted by atomic mass is 16.7. The van der Waals surface area contributed by atoms with Crippen molar-refractivity contribution in [1.82, 2.24) is 0 Å². The van der Waals surface area contributed by atoms with Crippen LogP contribution in [0.4, 0.5) is 5.69 Å². The summed E-state index contributed by atoms with van der Waals surface area (Å²) in [4.78, 5) is 24.1. The monoisotopic (exact) mass is 339 g/mol. The molecule has 6 heteroatoms. The summed E-state index contributed by atoms with van der Waals surface area (Å²) in [5.41, 5.74) is 1.52. The molecule has 6 nitrogen and oxygen atoms in total. The highest BCUT2D eigenvalue weighted by Crippen LogP contribution is 2.32. The Hall–Kier alpha value is -3.28. The van der Waals surface area contributed by atoms with Gasteiger partial charge in [0.25, 0.3) is 0 Å². The van der Waals surface area contributed by atoms with Crippen molar-refractivity contribution in [3.05, 3.63) is 59.7 Å². The average Bonchev–Trinajstić information content (AvgIpc) is 3.08. The van der Waals surface area contributed by atoms with Crippen LogP contribution in [0.3, 0.4) is 0 Å². The topological polar surface area (TPSA) is 73.9 Å². The van der Waals surface area contributed by atoms with E-state index < -0.39 is 5.97 Å². The maximum Gasteiger partial charge on any atom is 0.340 e. The summed E-state index contributed by atoms with van der Waals surface area (Å²) < 4.78 is 15.5. The van der Waals surface area contributed by atoms with Gasteiger partial charge in [0.2, 0.25) is 12.7 Å². The molecule has 2 aromatic carbocycles. The zero-order valence-corrected chi connectivity index (χ0v) is 13.7. The lowest BCUT2D eigenvalue weighted by Gasteiger charge is -2.08. The van der Waals surface area contributed by atoms with Crippen molar-refractivity contribution in [3.63, 3.8) is 0 Å². The summed E-state index contributed by atoms with van der Waals surface area (Å²) in [6.45, 7) is 2.20. The zero-order valence-electron chi connectivity index (χ0n) is 13.7. The van der Waals surface area contributed by atoms with Crippen LogP contribution in [0.15, 0.2) is 48.5 Å². The summed E-state index contributed by atoms with van der Waals surface area (Å²) >= 11 is 0. The van der Waals surface area contributed by atoms with Gasteiger partial charge in [0.15, 0.2) is 11.5 Å². The minimum atomic E-state index is -0.474. The quantitative estimate of drug-likeness (QED) is 0.669. The minimum absolute atomic E-state index is 0.202. The van der Waals surface area contributed by atoms with Gasteiger partial charge in [-0.15, -0.1) is 0 Å². The van der Waals surface area contributed by atoms with E-state index in [1.807, 2.05) is 6.07 Å². The Balaban J connectivity index is 1.70. The van der Waals surface area contributed by atoms with Crippen molar-refractivity contribution in [2.45, 2.75) is 6.92 Å². The zero-order chi connectivity index (χ0) is 17.6. The van der Waals surface area contributed by atoms with Gasteiger partial charge in [0, 0.05) is 6.08 Å². The van der Waals surface area contributed by atoms with E-state index in [0.29, 0.717) is 22.7 Å². The number of nitrogens with one attached hydrogen (secondary N) is 1. The van der Waals surface area contributed by atoms with Gasteiger partial charge >= 0.3 is 5.97 Å². The summed E-state index contributed by atoms with van der Waals surface area (Å²) in [5, 5.41) is 2.69. The Labute approximate surface area is 145 Å². The van der Waals surface area contributed by atoms with E-state index in [0.717, 1.165) is 5.56 Å². The van der Waals surface area contributed by atoms with Crippen molar-refractivity contribution >= 4 is 23.6 Å². The number of para-hydroxylation sites is 1. The molecule has 0 aliphatic carbocycles. The van der Waals surface area contributed by atoms with Gasteiger partial charge in [-0.05, 0) is 42.8 Å². The third kappa shape index (κ3) is 3.98. The Bertz CT molecular complexity index is 828. The predicted molar refractivity (Wildman–Crippen MR) is 92.6 cm³/mol. The van der Waals surface area contributed by atoms with Gasteiger partial charge in [-0.2, -0.15) is 0 Å². The molecule has 0 spiro atoms. The first-order valence-electron chi connectivity index (χ1n) is 7.82. The first-order chi connectivity index (χ1) is 12.2. The van der Waals surface area contributed by atoms with Crippen LogP contribution in [0.2, 0.25) is 0 Å². The fourth-order valence-electron chi connectivity index (χ4n) is 2.34. The summed E-state index contributed by atoms with van der Waals surface area (Å²) in [6.07, 6.45) is 3.05. The SMILES string of the molecule is CCOC(=O)c1ccccc1NC(=O)C=Cc1ccc2c(c1)OCO2. The van der Waals surface area contributed by atoms with Gasteiger partial charge in [-0.25, -0.2) is 4.79 Å². The molecule has 1 N–H and O–H groups in total. The van der Waals surface area contributed by atoms with E-state index in [9.17, 15) is 9.59 Å². The molecular weight excluding hydrogens is 322 g/mol. The lowest BCUT2D eigenvalue weighted by Crippen LogP contribution is -2.13. The Kier molecular flexibility index (Phi) is 4.99. The maximum atomic E-state index is 12.1. The van der Waals surface area contributed by atoms with E-state index >= 15 is 0 Å². The standard InChI is InChI=1S/C19H17NO5/c1-2-23-19(22)14-5-3-4-6-15(14)20-18(21)10-8-13-7-9-16-17(11-13)25-12-24-16/h3-11H,2,12H2,1H3,(H,20,21). The lowest BCUT2D eigenvalue weighted by molar-refractivity contribution is -0.111. The molecule has 1 heterocycles. The molecule has 25 heavy (non-hydrogen) atoms. The fourth-order valence-corrected chi connectivity index (χ4v) is 2.34. The summed E-state index contributed by atoms with van der Waals surface area (Å²) in [7, 11) is 0. The van der Waals surface area contributed by atoms with Crippen LogP contribution in [-0.4, -0.2) is 25.3 Å². The second kappa shape index (κ2) is 7.53. The smallest absolute Gasteiger partial charge is 0.340 e. The number of carbonyl (C=O) groups excluding carboxylic acids is 2. The lowest BCUT2D eigenvalue weighted by atomic mass is 10.1. The van der Waals surface area contributed by atoms with Crippen LogP contribution >= 0.6 is 0 Å². The molecule has 0 bridgehead atoms. The van der Waals surface area contributed by atoms with E-state index in [-0.39, 0.29) is 19.3 Å². The van der Waals surface area contributed by atoms with Gasteiger partial charge in [0.1, 0.15) is 0 Å². The average molecular weight is 339 g/mol. The number of esters is 1. The molecule has 0 saturated carbocycles. The van der Waals surface area contributed by atoms with Gasteiger partial charge in [-0.1, -0.05) is 18.2 Å². The number of ether oxygens (including phenoxy) is 3. The minimum Gasteiger partial charge on any atom is -0.462 e. The largest absolute Gasteiger partial charge is 0.462 e. The molecule has 128 valence electrons. The third-order valence-electron chi connectivity index (χ3n) is 3.50.